The van der Waals surface area contributed by atoms with E-state index in [1.807, 2.05) is 60.7 Å². The third-order valence-electron chi connectivity index (χ3n) is 4.18. The number of benzene rings is 3. The number of sulfonamides is 1. The van der Waals surface area contributed by atoms with Crippen LogP contribution in [0.2, 0.25) is 0 Å². The van der Waals surface area contributed by atoms with Crippen molar-refractivity contribution in [2.24, 2.45) is 5.73 Å². The van der Waals surface area contributed by atoms with E-state index in [-0.39, 0.29) is 11.3 Å². The lowest BCUT2D eigenvalue weighted by atomic mass is 10.1. The van der Waals surface area contributed by atoms with Crippen molar-refractivity contribution >= 4 is 15.9 Å². The van der Waals surface area contributed by atoms with Gasteiger partial charge in [-0.2, -0.15) is 4.72 Å². The normalized spacial score (nSPS) is 12.4. The summed E-state index contributed by atoms with van der Waals surface area (Å²) in [4.78, 5) is 12.0. The molecule has 27 heavy (non-hydrogen) atoms. The Morgan fingerprint density at radius 1 is 0.852 bits per heavy atom. The monoisotopic (exact) mass is 380 g/mol. The first kappa shape index (κ1) is 18.8. The highest BCUT2D eigenvalue weighted by Gasteiger charge is 2.26. The van der Waals surface area contributed by atoms with Gasteiger partial charge in [0.2, 0.25) is 15.9 Å². The number of carbonyl (C=O) groups excluding carboxylic acids is 1. The summed E-state index contributed by atoms with van der Waals surface area (Å²) in [6.07, 6.45) is 0.183. The first-order valence-electron chi connectivity index (χ1n) is 8.47. The van der Waals surface area contributed by atoms with Crippen LogP contribution in [0, 0.1) is 0 Å². The number of hydrogen-bond acceptors (Lipinski definition) is 3. The lowest BCUT2D eigenvalue weighted by Gasteiger charge is -2.17. The molecule has 1 amide bonds. The van der Waals surface area contributed by atoms with Crippen LogP contribution in [-0.4, -0.2) is 20.4 Å². The van der Waals surface area contributed by atoms with E-state index >= 15 is 0 Å². The minimum absolute atomic E-state index is 0.107. The Hall–Kier alpha value is -2.96. The van der Waals surface area contributed by atoms with Crippen LogP contribution >= 0.6 is 0 Å². The standard InChI is InChI=1S/C21H20N2O3S/c22-21(24)19(15-16-9-3-1-4-10-16)23-27(25,26)20-14-8-7-13-18(20)17-11-5-2-6-12-17/h1-14,19,23H,15H2,(H2,22,24). The average molecular weight is 380 g/mol. The Kier molecular flexibility index (Phi) is 5.69. The van der Waals surface area contributed by atoms with Crippen LogP contribution in [0.15, 0.2) is 89.8 Å². The zero-order chi connectivity index (χ0) is 19.3. The average Bonchev–Trinajstić information content (AvgIpc) is 2.69. The van der Waals surface area contributed by atoms with Crippen molar-refractivity contribution in [1.82, 2.24) is 4.72 Å². The fraction of sp³-hybridized carbons (Fsp3) is 0.0952. The van der Waals surface area contributed by atoms with Gasteiger partial charge in [0.05, 0.1) is 4.90 Å². The Labute approximate surface area is 158 Å². The highest BCUT2D eigenvalue weighted by atomic mass is 32.2. The summed E-state index contributed by atoms with van der Waals surface area (Å²) in [5.74, 6) is -0.723. The third-order valence-corrected chi connectivity index (χ3v) is 5.71. The second kappa shape index (κ2) is 8.16. The summed E-state index contributed by atoms with van der Waals surface area (Å²) >= 11 is 0. The zero-order valence-electron chi connectivity index (χ0n) is 14.6. The van der Waals surface area contributed by atoms with Gasteiger partial charge >= 0.3 is 0 Å². The zero-order valence-corrected chi connectivity index (χ0v) is 15.4. The molecule has 3 aromatic rings. The largest absolute Gasteiger partial charge is 0.368 e. The Bertz CT molecular complexity index is 1020. The molecule has 0 fully saturated rings. The van der Waals surface area contributed by atoms with Gasteiger partial charge in [-0.25, -0.2) is 8.42 Å². The maximum Gasteiger partial charge on any atom is 0.241 e. The van der Waals surface area contributed by atoms with E-state index < -0.39 is 22.0 Å². The number of rotatable bonds is 7. The van der Waals surface area contributed by atoms with Crippen LogP contribution in [-0.2, 0) is 21.2 Å². The van der Waals surface area contributed by atoms with Crippen molar-refractivity contribution in [1.29, 1.82) is 0 Å². The van der Waals surface area contributed by atoms with Gasteiger partial charge in [0.25, 0.3) is 0 Å². The lowest BCUT2D eigenvalue weighted by molar-refractivity contribution is -0.119. The minimum Gasteiger partial charge on any atom is -0.368 e. The summed E-state index contributed by atoms with van der Waals surface area (Å²) < 4.78 is 28.5. The van der Waals surface area contributed by atoms with E-state index in [1.54, 1.807) is 18.2 Å². The molecule has 0 bridgehead atoms. The molecule has 0 heterocycles. The van der Waals surface area contributed by atoms with Crippen molar-refractivity contribution in [3.63, 3.8) is 0 Å². The van der Waals surface area contributed by atoms with Crippen LogP contribution in [0.3, 0.4) is 0 Å². The van der Waals surface area contributed by atoms with Gasteiger partial charge in [0.15, 0.2) is 0 Å². The lowest BCUT2D eigenvalue weighted by Crippen LogP contribution is -2.45. The molecule has 0 aliphatic carbocycles. The van der Waals surface area contributed by atoms with Crippen LogP contribution in [0.4, 0.5) is 0 Å². The van der Waals surface area contributed by atoms with Crippen molar-refractivity contribution in [3.05, 3.63) is 90.5 Å². The second-order valence-electron chi connectivity index (χ2n) is 6.13. The highest BCUT2D eigenvalue weighted by Crippen LogP contribution is 2.27. The van der Waals surface area contributed by atoms with Crippen LogP contribution < -0.4 is 10.5 Å². The van der Waals surface area contributed by atoms with Crippen molar-refractivity contribution < 1.29 is 13.2 Å². The number of nitrogens with one attached hydrogen (secondary N) is 1. The summed E-state index contributed by atoms with van der Waals surface area (Å²) in [6.45, 7) is 0. The summed E-state index contributed by atoms with van der Waals surface area (Å²) in [5.41, 5.74) is 7.61. The van der Waals surface area contributed by atoms with Gasteiger partial charge in [-0.05, 0) is 23.6 Å². The number of carbonyl (C=O) groups is 1. The van der Waals surface area contributed by atoms with Crippen molar-refractivity contribution in [2.45, 2.75) is 17.4 Å². The molecule has 0 aliphatic heterocycles. The molecule has 0 aliphatic rings. The Morgan fingerprint density at radius 2 is 1.41 bits per heavy atom. The van der Waals surface area contributed by atoms with E-state index in [9.17, 15) is 13.2 Å². The molecule has 3 N–H and O–H groups in total. The first-order chi connectivity index (χ1) is 13.0. The number of nitrogens with two attached hydrogens (primary N) is 1. The summed E-state index contributed by atoms with van der Waals surface area (Å²) in [7, 11) is -3.95. The summed E-state index contributed by atoms with van der Waals surface area (Å²) in [6, 6.07) is 24.0. The number of amides is 1. The molecule has 6 heteroatoms. The second-order valence-corrected chi connectivity index (χ2v) is 7.81. The smallest absolute Gasteiger partial charge is 0.241 e. The molecular formula is C21H20N2O3S. The van der Waals surface area contributed by atoms with Crippen LogP contribution in [0.1, 0.15) is 5.56 Å². The van der Waals surface area contributed by atoms with Crippen LogP contribution in [0.5, 0.6) is 0 Å². The van der Waals surface area contributed by atoms with Gasteiger partial charge in [-0.1, -0.05) is 78.9 Å². The SMILES string of the molecule is NC(=O)C(Cc1ccccc1)NS(=O)(=O)c1ccccc1-c1ccccc1. The highest BCUT2D eigenvalue weighted by molar-refractivity contribution is 7.89. The van der Waals surface area contributed by atoms with Crippen molar-refractivity contribution in [3.8, 4) is 11.1 Å². The minimum atomic E-state index is -3.95. The van der Waals surface area contributed by atoms with Gasteiger partial charge in [0, 0.05) is 5.56 Å². The fourth-order valence-corrected chi connectivity index (χ4v) is 4.29. The number of hydrogen-bond donors (Lipinski definition) is 2. The van der Waals surface area contributed by atoms with E-state index in [2.05, 4.69) is 4.72 Å². The van der Waals surface area contributed by atoms with E-state index in [0.29, 0.717) is 5.56 Å². The van der Waals surface area contributed by atoms with E-state index in [0.717, 1.165) is 11.1 Å². The Morgan fingerprint density at radius 3 is 2.04 bits per heavy atom. The topological polar surface area (TPSA) is 89.3 Å². The molecule has 3 aromatic carbocycles. The van der Waals surface area contributed by atoms with E-state index in [4.69, 9.17) is 5.73 Å². The molecule has 5 nitrogen and oxygen atoms in total. The van der Waals surface area contributed by atoms with Crippen LogP contribution in [0.25, 0.3) is 11.1 Å². The van der Waals surface area contributed by atoms with Gasteiger partial charge in [-0.3, -0.25) is 4.79 Å². The molecule has 0 radical (unpaired) electrons. The van der Waals surface area contributed by atoms with Gasteiger partial charge < -0.3 is 5.73 Å². The third kappa shape index (κ3) is 4.61. The predicted octanol–water partition coefficient (Wildman–Crippen LogP) is 2.73. The predicted molar refractivity (Wildman–Crippen MR) is 105 cm³/mol. The molecule has 138 valence electrons. The molecule has 1 unspecified atom stereocenters. The molecule has 0 spiro atoms. The van der Waals surface area contributed by atoms with Gasteiger partial charge in [0.1, 0.15) is 6.04 Å². The maximum absolute atomic E-state index is 13.0. The molecular weight excluding hydrogens is 360 g/mol. The first-order valence-corrected chi connectivity index (χ1v) is 9.96. The quantitative estimate of drug-likeness (QED) is 0.660. The molecule has 0 saturated carbocycles. The maximum atomic E-state index is 13.0. The van der Waals surface area contributed by atoms with Crippen molar-refractivity contribution in [2.75, 3.05) is 0 Å². The molecule has 3 rings (SSSR count). The van der Waals surface area contributed by atoms with E-state index in [1.165, 1.54) is 6.07 Å². The molecule has 0 aromatic heterocycles. The van der Waals surface area contributed by atoms with Gasteiger partial charge in [-0.15, -0.1) is 0 Å². The molecule has 0 saturated heterocycles. The fourth-order valence-electron chi connectivity index (χ4n) is 2.86. The summed E-state index contributed by atoms with van der Waals surface area (Å²) in [5, 5.41) is 0. The number of primary amides is 1. The Balaban J connectivity index is 1.93. The molecule has 1 atom stereocenters.